The van der Waals surface area contributed by atoms with Crippen molar-refractivity contribution >= 4 is 34.7 Å². The number of hydrogen-bond donors (Lipinski definition) is 1. The first-order valence-corrected chi connectivity index (χ1v) is 15.2. The zero-order chi connectivity index (χ0) is 29.9. The second-order valence-electron chi connectivity index (χ2n) is 10.6. The van der Waals surface area contributed by atoms with Gasteiger partial charge in [0.15, 0.2) is 4.80 Å². The van der Waals surface area contributed by atoms with E-state index in [1.54, 1.807) is 37.8 Å². The van der Waals surface area contributed by atoms with E-state index in [1.165, 1.54) is 36.3 Å². The van der Waals surface area contributed by atoms with Gasteiger partial charge in [0.1, 0.15) is 17.5 Å². The zero-order valence-corrected chi connectivity index (χ0v) is 25.3. The number of piperidine rings is 1. The normalized spacial score (nSPS) is 16.9. The van der Waals surface area contributed by atoms with Gasteiger partial charge in [0, 0.05) is 36.1 Å². The van der Waals surface area contributed by atoms with Crippen LogP contribution in [0.1, 0.15) is 43.4 Å². The Hall–Kier alpha value is -4.63. The molecule has 0 bridgehead atoms. The fourth-order valence-corrected chi connectivity index (χ4v) is 6.80. The van der Waals surface area contributed by atoms with Gasteiger partial charge in [-0.05, 0) is 74.2 Å². The molecule has 0 aliphatic carbocycles. The molecule has 43 heavy (non-hydrogen) atoms. The van der Waals surface area contributed by atoms with E-state index in [4.69, 9.17) is 14.5 Å². The molecule has 4 aromatic rings. The average molecular weight is 595 g/mol. The van der Waals surface area contributed by atoms with Crippen LogP contribution in [0, 0.1) is 0 Å². The Labute approximate surface area is 254 Å². The number of thiazole rings is 1. The van der Waals surface area contributed by atoms with Crippen LogP contribution in [0.2, 0.25) is 0 Å². The van der Waals surface area contributed by atoms with Crippen molar-refractivity contribution in [3.63, 3.8) is 0 Å². The number of nitrogens with one attached hydrogen (secondary N) is 1. The Morgan fingerprint density at radius 2 is 1.72 bits per heavy atom. The highest BCUT2D eigenvalue weighted by Gasteiger charge is 2.34. The van der Waals surface area contributed by atoms with Crippen LogP contribution in [-0.4, -0.2) is 37.8 Å². The Morgan fingerprint density at radius 1 is 0.977 bits per heavy atom. The lowest BCUT2D eigenvalue weighted by Crippen LogP contribution is -2.40. The summed E-state index contributed by atoms with van der Waals surface area (Å²) in [6.07, 6.45) is 5.62. The Balaban J connectivity index is 1.45. The number of carbonyl (C=O) groups excluding carboxylic acids is 1. The summed E-state index contributed by atoms with van der Waals surface area (Å²) >= 11 is 1.32. The molecule has 6 rings (SSSR count). The Kier molecular flexibility index (Phi) is 8.16. The highest BCUT2D eigenvalue weighted by molar-refractivity contribution is 7.07. The van der Waals surface area contributed by atoms with Gasteiger partial charge in [0.05, 0.1) is 30.0 Å². The third-order valence-corrected chi connectivity index (χ3v) is 8.93. The van der Waals surface area contributed by atoms with Crippen molar-refractivity contribution in [2.24, 2.45) is 4.99 Å². The van der Waals surface area contributed by atoms with E-state index in [1.807, 2.05) is 42.5 Å². The summed E-state index contributed by atoms with van der Waals surface area (Å²) in [5.74, 6) is 0.779. The standard InChI is InChI=1S/C34H34N4O4S/c1-22-30(32(39)36-24-10-6-4-7-11-24)31(27-17-16-26(41-2)21-28(27)42-3)38-33(40)29(43-34(38)35-22)20-23-12-14-25(15-13-23)37-18-8-5-9-19-37/h4,6-7,10-17,20-21,31H,5,8-9,18-19H2,1-3H3,(H,36,39)/b29-20+/t31-/m1/s1. The number of benzene rings is 3. The van der Waals surface area contributed by atoms with Gasteiger partial charge < -0.3 is 19.7 Å². The molecular formula is C34H34N4O4S. The minimum absolute atomic E-state index is 0.218. The number of carbonyl (C=O) groups is 1. The summed E-state index contributed by atoms with van der Waals surface area (Å²) in [7, 11) is 3.15. The predicted octanol–water partition coefficient (Wildman–Crippen LogP) is 4.88. The fraction of sp³-hybridized carbons (Fsp3) is 0.265. The summed E-state index contributed by atoms with van der Waals surface area (Å²) in [4.78, 5) is 35.7. The molecule has 1 N–H and O–H groups in total. The molecule has 8 nitrogen and oxygen atoms in total. The third kappa shape index (κ3) is 5.72. The van der Waals surface area contributed by atoms with Gasteiger partial charge in [-0.3, -0.25) is 14.2 Å². The molecule has 1 amide bonds. The Bertz CT molecular complexity index is 1850. The maximum absolute atomic E-state index is 14.1. The third-order valence-electron chi connectivity index (χ3n) is 7.95. The highest BCUT2D eigenvalue weighted by atomic mass is 32.1. The van der Waals surface area contributed by atoms with Gasteiger partial charge in [-0.2, -0.15) is 0 Å². The molecule has 1 atom stereocenters. The molecule has 0 radical (unpaired) electrons. The minimum Gasteiger partial charge on any atom is -0.497 e. The summed E-state index contributed by atoms with van der Waals surface area (Å²) in [6.45, 7) is 3.96. The number of ether oxygens (including phenoxy) is 2. The van der Waals surface area contributed by atoms with Crippen molar-refractivity contribution in [3.8, 4) is 11.5 Å². The number of methoxy groups -OCH3 is 2. The lowest BCUT2D eigenvalue weighted by atomic mass is 9.94. The van der Waals surface area contributed by atoms with Gasteiger partial charge in [0.25, 0.3) is 11.5 Å². The van der Waals surface area contributed by atoms with E-state index in [0.29, 0.717) is 43.4 Å². The molecule has 0 spiro atoms. The number of rotatable bonds is 7. The van der Waals surface area contributed by atoms with Crippen LogP contribution in [0.25, 0.3) is 6.08 Å². The molecule has 1 fully saturated rings. The summed E-state index contributed by atoms with van der Waals surface area (Å²) in [5, 5.41) is 2.98. The first kappa shape index (κ1) is 28.5. The Morgan fingerprint density at radius 3 is 2.42 bits per heavy atom. The maximum Gasteiger partial charge on any atom is 0.271 e. The molecule has 0 saturated carbocycles. The number of nitrogens with zero attached hydrogens (tertiary/aromatic N) is 3. The van der Waals surface area contributed by atoms with E-state index < -0.39 is 6.04 Å². The zero-order valence-electron chi connectivity index (χ0n) is 24.5. The van der Waals surface area contributed by atoms with Crippen molar-refractivity contribution < 1.29 is 14.3 Å². The van der Waals surface area contributed by atoms with Crippen LogP contribution in [0.3, 0.4) is 0 Å². The van der Waals surface area contributed by atoms with Crippen LogP contribution in [0.15, 0.2) is 93.9 Å². The van der Waals surface area contributed by atoms with Gasteiger partial charge in [-0.15, -0.1) is 0 Å². The number of anilines is 2. The van der Waals surface area contributed by atoms with Crippen molar-refractivity contribution in [2.75, 3.05) is 37.5 Å². The lowest BCUT2D eigenvalue weighted by molar-refractivity contribution is -0.113. The van der Waals surface area contributed by atoms with E-state index in [0.717, 1.165) is 18.7 Å². The smallest absolute Gasteiger partial charge is 0.271 e. The SMILES string of the molecule is COc1ccc([C@@H]2C(C(=O)Nc3ccccc3)=C(C)N=c3s/c(=C/c4ccc(N5CCCCC5)cc4)c(=O)n32)c(OC)c1. The molecular weight excluding hydrogens is 560 g/mol. The van der Waals surface area contributed by atoms with Crippen molar-refractivity contribution in [1.82, 2.24) is 4.57 Å². The fourth-order valence-electron chi connectivity index (χ4n) is 5.76. The minimum atomic E-state index is -0.760. The highest BCUT2D eigenvalue weighted by Crippen LogP contribution is 2.37. The van der Waals surface area contributed by atoms with E-state index in [9.17, 15) is 9.59 Å². The number of amides is 1. The summed E-state index contributed by atoms with van der Waals surface area (Å²) < 4.78 is 13.3. The number of fused-ring (bicyclic) bond motifs is 1. The summed E-state index contributed by atoms with van der Waals surface area (Å²) in [6, 6.07) is 22.2. The molecule has 3 heterocycles. The number of allylic oxidation sites excluding steroid dienone is 1. The van der Waals surface area contributed by atoms with Crippen LogP contribution in [0.4, 0.5) is 11.4 Å². The van der Waals surface area contributed by atoms with Crippen molar-refractivity contribution in [2.45, 2.75) is 32.2 Å². The maximum atomic E-state index is 14.1. The molecule has 1 aromatic heterocycles. The van der Waals surface area contributed by atoms with Crippen molar-refractivity contribution in [1.29, 1.82) is 0 Å². The first-order valence-electron chi connectivity index (χ1n) is 14.4. The predicted molar refractivity (Wildman–Crippen MR) is 171 cm³/mol. The van der Waals surface area contributed by atoms with Gasteiger partial charge >= 0.3 is 0 Å². The lowest BCUT2D eigenvalue weighted by Gasteiger charge is -2.28. The molecule has 220 valence electrons. The number of para-hydroxylation sites is 1. The van der Waals surface area contributed by atoms with Gasteiger partial charge in [0.2, 0.25) is 0 Å². The molecule has 2 aliphatic heterocycles. The molecule has 2 aliphatic rings. The van der Waals surface area contributed by atoms with Crippen LogP contribution in [0.5, 0.6) is 11.5 Å². The molecule has 3 aromatic carbocycles. The second-order valence-corrected chi connectivity index (χ2v) is 11.7. The monoisotopic (exact) mass is 594 g/mol. The molecule has 9 heteroatoms. The van der Waals surface area contributed by atoms with Crippen LogP contribution >= 0.6 is 11.3 Å². The van der Waals surface area contributed by atoms with Crippen molar-refractivity contribution in [3.05, 3.63) is 115 Å². The number of aromatic nitrogens is 1. The van der Waals surface area contributed by atoms with Crippen LogP contribution < -0.4 is 34.6 Å². The quantitative estimate of drug-likeness (QED) is 0.330. The van der Waals surface area contributed by atoms with Gasteiger partial charge in [-0.25, -0.2) is 4.99 Å². The van der Waals surface area contributed by atoms with E-state index in [-0.39, 0.29) is 11.5 Å². The molecule has 1 saturated heterocycles. The second kappa shape index (κ2) is 12.3. The largest absolute Gasteiger partial charge is 0.497 e. The van der Waals surface area contributed by atoms with E-state index >= 15 is 0 Å². The first-order chi connectivity index (χ1) is 21.0. The summed E-state index contributed by atoms with van der Waals surface area (Å²) in [5.41, 5.74) is 4.14. The number of hydrogen-bond acceptors (Lipinski definition) is 7. The molecule has 0 unspecified atom stereocenters. The average Bonchev–Trinajstić information content (AvgIpc) is 3.34. The topological polar surface area (TPSA) is 85.2 Å². The van der Waals surface area contributed by atoms with Crippen LogP contribution in [-0.2, 0) is 4.79 Å². The van der Waals surface area contributed by atoms with E-state index in [2.05, 4.69) is 34.5 Å². The van der Waals surface area contributed by atoms with Gasteiger partial charge in [-0.1, -0.05) is 41.7 Å².